The lowest BCUT2D eigenvalue weighted by molar-refractivity contribution is 0.229. The molecule has 3 heterocycles. The first-order valence-electron chi connectivity index (χ1n) is 6.51. The normalized spacial score (nSPS) is 17.3. The molecule has 1 fully saturated rings. The first-order chi connectivity index (χ1) is 9.66. The van der Waals surface area contributed by atoms with Gasteiger partial charge in [-0.2, -0.15) is 4.98 Å². The Kier molecular flexibility index (Phi) is 2.23. The van der Waals surface area contributed by atoms with Crippen LogP contribution in [0.5, 0.6) is 0 Å². The third kappa shape index (κ3) is 1.56. The van der Waals surface area contributed by atoms with Crippen LogP contribution in [0, 0.1) is 6.92 Å². The Morgan fingerprint density at radius 2 is 2.10 bits per heavy atom. The minimum absolute atomic E-state index is 0.423. The molecular weight excluding hydrogens is 258 g/mol. The molecule has 102 valence electrons. The van der Waals surface area contributed by atoms with Gasteiger partial charge < -0.3 is 14.8 Å². The van der Waals surface area contributed by atoms with Gasteiger partial charge in [-0.05, 0) is 32.3 Å². The average molecular weight is 271 g/mol. The van der Waals surface area contributed by atoms with Gasteiger partial charge in [0.25, 0.3) is 11.6 Å². The molecule has 4 rings (SSSR count). The van der Waals surface area contributed by atoms with Crippen LogP contribution in [0.3, 0.4) is 0 Å². The first-order valence-corrected chi connectivity index (χ1v) is 6.51. The highest BCUT2D eigenvalue weighted by Crippen LogP contribution is 2.37. The molecule has 0 unspecified atom stereocenters. The van der Waals surface area contributed by atoms with Crippen molar-refractivity contribution in [2.45, 2.75) is 31.7 Å². The summed E-state index contributed by atoms with van der Waals surface area (Å²) in [6.07, 6.45) is 4.53. The fraction of sp³-hybridized carbons (Fsp3) is 0.385. The molecule has 2 N–H and O–H groups in total. The van der Waals surface area contributed by atoms with Gasteiger partial charge in [-0.3, -0.25) is 0 Å². The number of nitrogens with two attached hydrogens (primary N) is 1. The summed E-state index contributed by atoms with van der Waals surface area (Å²) in [5.74, 6) is 0.993. The Labute approximate surface area is 114 Å². The molecular formula is C13H13N5O2. The zero-order chi connectivity index (χ0) is 13.7. The van der Waals surface area contributed by atoms with Crippen molar-refractivity contribution >= 4 is 11.1 Å². The van der Waals surface area contributed by atoms with Crippen molar-refractivity contribution in [3.05, 3.63) is 23.8 Å². The molecule has 7 nitrogen and oxygen atoms in total. The number of hydrogen-bond acceptors (Lipinski definition) is 7. The highest BCUT2D eigenvalue weighted by Gasteiger charge is 2.39. The summed E-state index contributed by atoms with van der Waals surface area (Å²) in [7, 11) is 0. The Balaban J connectivity index is 1.77. The van der Waals surface area contributed by atoms with E-state index in [1.54, 1.807) is 6.20 Å². The van der Waals surface area contributed by atoms with Crippen LogP contribution in [0.4, 0.5) is 0 Å². The molecule has 0 atom stereocenters. The van der Waals surface area contributed by atoms with E-state index in [2.05, 4.69) is 20.3 Å². The van der Waals surface area contributed by atoms with E-state index in [9.17, 15) is 0 Å². The van der Waals surface area contributed by atoms with Gasteiger partial charge in [0.05, 0.1) is 22.2 Å². The number of fused-ring (bicyclic) bond motifs is 1. The van der Waals surface area contributed by atoms with E-state index in [-0.39, 0.29) is 0 Å². The second-order valence-electron chi connectivity index (χ2n) is 5.28. The number of nitrogens with zero attached hydrogens (tertiary/aromatic N) is 4. The van der Waals surface area contributed by atoms with Crippen LogP contribution < -0.4 is 5.73 Å². The summed E-state index contributed by atoms with van der Waals surface area (Å²) in [5, 5.41) is 8.71. The van der Waals surface area contributed by atoms with Gasteiger partial charge in [0.15, 0.2) is 5.82 Å². The lowest BCUT2D eigenvalue weighted by Crippen LogP contribution is -2.44. The fourth-order valence-corrected chi connectivity index (χ4v) is 2.39. The van der Waals surface area contributed by atoms with Gasteiger partial charge in [-0.1, -0.05) is 10.3 Å². The Bertz CT molecular complexity index is 787. The Hall–Kier alpha value is -2.28. The molecule has 1 aliphatic rings. The van der Waals surface area contributed by atoms with Crippen LogP contribution in [0.15, 0.2) is 21.3 Å². The van der Waals surface area contributed by atoms with Crippen molar-refractivity contribution in [2.24, 2.45) is 5.73 Å². The minimum Gasteiger partial charge on any atom is -0.336 e. The van der Waals surface area contributed by atoms with Crippen LogP contribution in [0.2, 0.25) is 0 Å². The maximum Gasteiger partial charge on any atom is 0.259 e. The summed E-state index contributed by atoms with van der Waals surface area (Å²) >= 11 is 0. The van der Waals surface area contributed by atoms with E-state index in [1.807, 2.05) is 13.0 Å². The second kappa shape index (κ2) is 3.86. The van der Waals surface area contributed by atoms with Crippen LogP contribution in [-0.2, 0) is 5.54 Å². The highest BCUT2D eigenvalue weighted by molar-refractivity contribution is 5.79. The highest BCUT2D eigenvalue weighted by atomic mass is 16.5. The third-order valence-corrected chi connectivity index (χ3v) is 3.87. The van der Waals surface area contributed by atoms with Gasteiger partial charge in [0.1, 0.15) is 0 Å². The number of aryl methyl sites for hydroxylation is 1. The minimum atomic E-state index is -0.424. The number of hydrogen-bond donors (Lipinski definition) is 1. The largest absolute Gasteiger partial charge is 0.336 e. The van der Waals surface area contributed by atoms with Crippen LogP contribution in [-0.4, -0.2) is 20.3 Å². The van der Waals surface area contributed by atoms with Crippen molar-refractivity contribution in [1.82, 2.24) is 20.3 Å². The molecule has 7 heteroatoms. The van der Waals surface area contributed by atoms with Crippen LogP contribution in [0.25, 0.3) is 22.6 Å². The van der Waals surface area contributed by atoms with Gasteiger partial charge in [0, 0.05) is 6.20 Å². The number of aromatic nitrogens is 4. The quantitative estimate of drug-likeness (QED) is 0.759. The summed E-state index contributed by atoms with van der Waals surface area (Å²) in [6.45, 7) is 1.86. The number of pyridine rings is 1. The SMILES string of the molecule is Cc1noc2ncc(-c3nc(C4(N)CCC4)no3)cc12. The van der Waals surface area contributed by atoms with Crippen molar-refractivity contribution in [1.29, 1.82) is 0 Å². The molecule has 3 aromatic heterocycles. The Morgan fingerprint density at radius 1 is 1.25 bits per heavy atom. The first kappa shape index (κ1) is 11.5. The maximum atomic E-state index is 6.19. The van der Waals surface area contributed by atoms with Gasteiger partial charge in [-0.15, -0.1) is 0 Å². The summed E-state index contributed by atoms with van der Waals surface area (Å²) in [4.78, 5) is 8.60. The van der Waals surface area contributed by atoms with Gasteiger partial charge in [-0.25, -0.2) is 4.98 Å². The molecule has 1 saturated carbocycles. The Morgan fingerprint density at radius 3 is 2.85 bits per heavy atom. The van der Waals surface area contributed by atoms with Crippen LogP contribution in [0.1, 0.15) is 30.8 Å². The molecule has 0 spiro atoms. The van der Waals surface area contributed by atoms with Crippen LogP contribution >= 0.6 is 0 Å². The molecule has 3 aromatic rings. The lowest BCUT2D eigenvalue weighted by Gasteiger charge is -2.34. The van der Waals surface area contributed by atoms with E-state index in [0.717, 1.165) is 35.9 Å². The second-order valence-corrected chi connectivity index (χ2v) is 5.28. The summed E-state index contributed by atoms with van der Waals surface area (Å²) in [6, 6.07) is 1.88. The van der Waals surface area contributed by atoms with Crippen molar-refractivity contribution in [3.8, 4) is 11.5 Å². The number of rotatable bonds is 2. The predicted octanol–water partition coefficient (Wildman–Crippen LogP) is 1.92. The fourth-order valence-electron chi connectivity index (χ4n) is 2.39. The molecule has 0 aromatic carbocycles. The zero-order valence-corrected chi connectivity index (χ0v) is 11.0. The van der Waals surface area contributed by atoms with Crippen molar-refractivity contribution < 1.29 is 9.05 Å². The van der Waals surface area contributed by atoms with E-state index >= 15 is 0 Å². The van der Waals surface area contributed by atoms with Gasteiger partial charge >= 0.3 is 0 Å². The van der Waals surface area contributed by atoms with E-state index in [0.29, 0.717) is 17.4 Å². The molecule has 0 saturated heterocycles. The third-order valence-electron chi connectivity index (χ3n) is 3.87. The molecule has 0 radical (unpaired) electrons. The average Bonchev–Trinajstić information content (AvgIpc) is 3.04. The standard InChI is InChI=1S/C13H13N5O2/c1-7-9-5-8(6-15-11(9)20-17-7)10-16-12(18-19-10)13(14)3-2-4-13/h5-6H,2-4,14H2,1H3. The molecule has 20 heavy (non-hydrogen) atoms. The maximum absolute atomic E-state index is 6.19. The van der Waals surface area contributed by atoms with Crippen molar-refractivity contribution in [2.75, 3.05) is 0 Å². The predicted molar refractivity (Wildman–Crippen MR) is 69.5 cm³/mol. The van der Waals surface area contributed by atoms with E-state index in [1.165, 1.54) is 0 Å². The molecule has 0 bridgehead atoms. The summed E-state index contributed by atoms with van der Waals surface area (Å²) in [5.41, 5.74) is 7.79. The van der Waals surface area contributed by atoms with Crippen molar-refractivity contribution in [3.63, 3.8) is 0 Å². The molecule has 0 amide bonds. The zero-order valence-electron chi connectivity index (χ0n) is 11.0. The monoisotopic (exact) mass is 271 g/mol. The van der Waals surface area contributed by atoms with E-state index in [4.69, 9.17) is 14.8 Å². The van der Waals surface area contributed by atoms with E-state index < -0.39 is 5.54 Å². The van der Waals surface area contributed by atoms with Gasteiger partial charge in [0.2, 0.25) is 0 Å². The summed E-state index contributed by atoms with van der Waals surface area (Å²) < 4.78 is 10.4. The topological polar surface area (TPSA) is 104 Å². The molecule has 0 aliphatic heterocycles. The smallest absolute Gasteiger partial charge is 0.259 e. The molecule has 1 aliphatic carbocycles. The lowest BCUT2D eigenvalue weighted by atomic mass is 9.77.